The van der Waals surface area contributed by atoms with Crippen LogP contribution in [0.2, 0.25) is 0 Å². The van der Waals surface area contributed by atoms with E-state index in [0.717, 1.165) is 30.4 Å². The van der Waals surface area contributed by atoms with Gasteiger partial charge in [0.2, 0.25) is 0 Å². The van der Waals surface area contributed by atoms with E-state index in [2.05, 4.69) is 71.5 Å². The van der Waals surface area contributed by atoms with E-state index >= 15 is 0 Å². The number of benzene rings is 2. The summed E-state index contributed by atoms with van der Waals surface area (Å²) in [4.78, 5) is 19.0. The van der Waals surface area contributed by atoms with Gasteiger partial charge in [-0.05, 0) is 49.8 Å². The molecule has 1 amide bonds. The van der Waals surface area contributed by atoms with Crippen LogP contribution in [0.15, 0.2) is 71.9 Å². The molecule has 136 valence electrons. The minimum atomic E-state index is 0.0409. The van der Waals surface area contributed by atoms with Crippen LogP contribution in [0.1, 0.15) is 55.8 Å². The first-order chi connectivity index (χ1) is 13.3. The Labute approximate surface area is 159 Å². The van der Waals surface area contributed by atoms with Gasteiger partial charge < -0.3 is 9.88 Å². The molecule has 0 bridgehead atoms. The van der Waals surface area contributed by atoms with Crippen LogP contribution in [0.4, 0.5) is 0 Å². The van der Waals surface area contributed by atoms with Gasteiger partial charge in [0.05, 0.1) is 12.1 Å². The zero-order chi connectivity index (χ0) is 18.4. The Morgan fingerprint density at radius 1 is 1.00 bits per heavy atom. The predicted octanol–water partition coefficient (Wildman–Crippen LogP) is 5.68. The first-order valence-corrected chi connectivity index (χ1v) is 9.91. The average molecular weight is 356 g/mol. The van der Waals surface area contributed by atoms with Gasteiger partial charge in [-0.1, -0.05) is 48.5 Å². The van der Waals surface area contributed by atoms with Gasteiger partial charge in [0, 0.05) is 28.2 Å². The number of carbonyl (C=O) groups excluding carboxylic acids is 1. The van der Waals surface area contributed by atoms with Crippen LogP contribution in [-0.4, -0.2) is 15.8 Å². The fourth-order valence-electron chi connectivity index (χ4n) is 4.87. The molecule has 1 N–H and O–H groups in total. The quantitative estimate of drug-likeness (QED) is 0.643. The summed E-state index contributed by atoms with van der Waals surface area (Å²) >= 11 is 0. The van der Waals surface area contributed by atoms with E-state index in [-0.39, 0.29) is 18.0 Å². The Hall–Kier alpha value is -2.81. The summed E-state index contributed by atoms with van der Waals surface area (Å²) in [5, 5.41) is 1.22. The molecule has 2 heterocycles. The van der Waals surface area contributed by atoms with Crippen molar-refractivity contribution >= 4 is 16.8 Å². The number of rotatable bonds is 3. The second-order valence-corrected chi connectivity index (χ2v) is 7.70. The van der Waals surface area contributed by atoms with Crippen LogP contribution in [0.5, 0.6) is 0 Å². The van der Waals surface area contributed by atoms with Crippen LogP contribution < -0.4 is 0 Å². The Kier molecular flexibility index (Phi) is 3.89. The number of para-hydroxylation sites is 1. The number of carbonyl (C=O) groups is 1. The number of amides is 1. The van der Waals surface area contributed by atoms with E-state index in [1.807, 2.05) is 6.07 Å². The fourth-order valence-corrected chi connectivity index (χ4v) is 4.87. The van der Waals surface area contributed by atoms with Gasteiger partial charge in [-0.15, -0.1) is 0 Å². The maximum absolute atomic E-state index is 13.5. The van der Waals surface area contributed by atoms with Crippen molar-refractivity contribution in [1.82, 2.24) is 9.88 Å². The van der Waals surface area contributed by atoms with Crippen molar-refractivity contribution in [3.05, 3.63) is 83.1 Å². The number of hydrogen-bond acceptors (Lipinski definition) is 1. The highest BCUT2D eigenvalue weighted by Gasteiger charge is 2.43. The number of aromatic nitrogens is 1. The topological polar surface area (TPSA) is 36.1 Å². The number of nitrogens with one attached hydrogen (secondary N) is 1. The Morgan fingerprint density at radius 2 is 1.74 bits per heavy atom. The van der Waals surface area contributed by atoms with Gasteiger partial charge in [-0.3, -0.25) is 4.79 Å². The molecule has 2 atom stereocenters. The lowest BCUT2D eigenvalue weighted by molar-refractivity contribution is -0.129. The number of nitrogens with zero attached hydrogens (tertiary/aromatic N) is 1. The minimum Gasteiger partial charge on any atom is -0.361 e. The maximum atomic E-state index is 13.5. The number of H-pyrrole nitrogens is 1. The van der Waals surface area contributed by atoms with Crippen molar-refractivity contribution in [2.24, 2.45) is 0 Å². The molecule has 0 saturated heterocycles. The third-order valence-corrected chi connectivity index (χ3v) is 6.23. The zero-order valence-electron chi connectivity index (χ0n) is 15.6. The van der Waals surface area contributed by atoms with Gasteiger partial charge in [-0.2, -0.15) is 0 Å². The summed E-state index contributed by atoms with van der Waals surface area (Å²) < 4.78 is 0. The summed E-state index contributed by atoms with van der Waals surface area (Å²) in [7, 11) is 0. The summed E-state index contributed by atoms with van der Waals surface area (Å²) in [6, 6.07) is 18.9. The fraction of sp³-hybridized carbons (Fsp3) is 0.292. The monoisotopic (exact) mass is 356 g/mol. The van der Waals surface area contributed by atoms with Crippen LogP contribution >= 0.6 is 0 Å². The number of fused-ring (bicyclic) bond motifs is 1. The number of hydrogen-bond donors (Lipinski definition) is 1. The van der Waals surface area contributed by atoms with Gasteiger partial charge in [-0.25, -0.2) is 0 Å². The van der Waals surface area contributed by atoms with E-state index < -0.39 is 0 Å². The SMILES string of the molecule is C[C@H](c1ccccc1)N1C(=O)C2=C(CCCC2)[C@@H]1c1c[nH]c2ccccc12. The Morgan fingerprint density at radius 3 is 2.59 bits per heavy atom. The lowest BCUT2D eigenvalue weighted by atomic mass is 9.87. The maximum Gasteiger partial charge on any atom is 0.251 e. The minimum absolute atomic E-state index is 0.0409. The molecule has 0 unspecified atom stereocenters. The van der Waals surface area contributed by atoms with E-state index in [1.54, 1.807) is 0 Å². The smallest absolute Gasteiger partial charge is 0.251 e. The van der Waals surface area contributed by atoms with Gasteiger partial charge in [0.15, 0.2) is 0 Å². The molecule has 5 rings (SSSR count). The molecular weight excluding hydrogens is 332 g/mol. The highest BCUT2D eigenvalue weighted by atomic mass is 16.2. The Bertz CT molecular complexity index is 1030. The van der Waals surface area contributed by atoms with Crippen LogP contribution in [0, 0.1) is 0 Å². The largest absolute Gasteiger partial charge is 0.361 e. The van der Waals surface area contributed by atoms with Crippen molar-refractivity contribution in [1.29, 1.82) is 0 Å². The average Bonchev–Trinajstić information content (AvgIpc) is 3.27. The van der Waals surface area contributed by atoms with Gasteiger partial charge in [0.25, 0.3) is 5.91 Å². The third kappa shape index (κ3) is 2.53. The molecule has 2 aliphatic rings. The third-order valence-electron chi connectivity index (χ3n) is 6.23. The van der Waals surface area contributed by atoms with Crippen molar-refractivity contribution in [3.63, 3.8) is 0 Å². The molecular formula is C24H24N2O. The molecule has 3 aromatic rings. The lowest BCUT2D eigenvalue weighted by Crippen LogP contribution is -2.32. The van der Waals surface area contributed by atoms with Crippen molar-refractivity contribution < 1.29 is 4.79 Å². The normalized spacial score (nSPS) is 21.0. The molecule has 3 heteroatoms. The van der Waals surface area contributed by atoms with Crippen LogP contribution in [-0.2, 0) is 4.79 Å². The van der Waals surface area contributed by atoms with Crippen LogP contribution in [0.25, 0.3) is 10.9 Å². The lowest BCUT2D eigenvalue weighted by Gasteiger charge is -2.33. The number of aromatic amines is 1. The van der Waals surface area contributed by atoms with Gasteiger partial charge >= 0.3 is 0 Å². The molecule has 1 aromatic heterocycles. The van der Waals surface area contributed by atoms with Crippen molar-refractivity contribution in [2.45, 2.75) is 44.7 Å². The van der Waals surface area contributed by atoms with Gasteiger partial charge in [0.1, 0.15) is 0 Å². The summed E-state index contributed by atoms with van der Waals surface area (Å²) in [5.41, 5.74) is 5.97. The molecule has 27 heavy (non-hydrogen) atoms. The standard InChI is InChI=1S/C24H24N2O/c1-16(17-9-3-2-4-10-17)26-23(19-12-5-6-13-20(19)24(26)27)21-15-25-22-14-8-7-11-18(21)22/h2-4,7-11,14-16,23,25H,5-6,12-13H2,1H3/t16-,23-/m1/s1. The second-order valence-electron chi connectivity index (χ2n) is 7.70. The zero-order valence-corrected chi connectivity index (χ0v) is 15.6. The summed E-state index contributed by atoms with van der Waals surface area (Å²) in [6.07, 6.45) is 6.36. The van der Waals surface area contributed by atoms with Crippen molar-refractivity contribution in [2.75, 3.05) is 0 Å². The van der Waals surface area contributed by atoms with E-state index in [1.165, 1.54) is 28.5 Å². The molecule has 1 aliphatic heterocycles. The molecule has 2 aromatic carbocycles. The molecule has 0 fully saturated rings. The van der Waals surface area contributed by atoms with Crippen molar-refractivity contribution in [3.8, 4) is 0 Å². The van der Waals surface area contributed by atoms with Crippen LogP contribution in [0.3, 0.4) is 0 Å². The first kappa shape index (κ1) is 16.4. The molecule has 3 nitrogen and oxygen atoms in total. The highest BCUT2D eigenvalue weighted by Crippen LogP contribution is 2.49. The predicted molar refractivity (Wildman–Crippen MR) is 108 cm³/mol. The molecule has 1 aliphatic carbocycles. The van der Waals surface area contributed by atoms with E-state index in [9.17, 15) is 4.79 Å². The molecule has 0 radical (unpaired) electrons. The summed E-state index contributed by atoms with van der Waals surface area (Å²) in [5.74, 6) is 0.233. The molecule has 0 saturated carbocycles. The Balaban J connectivity index is 1.66. The summed E-state index contributed by atoms with van der Waals surface area (Å²) in [6.45, 7) is 2.16. The van der Waals surface area contributed by atoms with E-state index in [4.69, 9.17) is 0 Å². The first-order valence-electron chi connectivity index (χ1n) is 9.91. The van der Waals surface area contributed by atoms with E-state index in [0.29, 0.717) is 0 Å². The second kappa shape index (κ2) is 6.41. The molecule has 0 spiro atoms. The highest BCUT2D eigenvalue weighted by molar-refractivity contribution is 5.99.